The van der Waals surface area contributed by atoms with Gasteiger partial charge in [-0.15, -0.1) is 0 Å². The number of carboxylic acids is 1. The van der Waals surface area contributed by atoms with Crippen molar-refractivity contribution in [3.05, 3.63) is 83.2 Å². The van der Waals surface area contributed by atoms with E-state index in [1.54, 1.807) is 11.0 Å². The van der Waals surface area contributed by atoms with Crippen molar-refractivity contribution in [1.82, 2.24) is 4.98 Å². The molecule has 2 heterocycles. The van der Waals surface area contributed by atoms with Gasteiger partial charge < -0.3 is 9.84 Å². The number of aryl methyl sites for hydroxylation is 1. The van der Waals surface area contributed by atoms with Gasteiger partial charge in [0.15, 0.2) is 0 Å². The maximum absolute atomic E-state index is 12.9. The summed E-state index contributed by atoms with van der Waals surface area (Å²) >= 11 is 0. The average Bonchev–Trinajstić information content (AvgIpc) is 3.10. The summed E-state index contributed by atoms with van der Waals surface area (Å²) in [4.78, 5) is 29.9. The van der Waals surface area contributed by atoms with Crippen LogP contribution in [0.15, 0.2) is 60.7 Å². The number of ether oxygens (including phenoxy) is 1. The fourth-order valence-electron chi connectivity index (χ4n) is 4.43. The molecule has 1 aliphatic carbocycles. The van der Waals surface area contributed by atoms with Crippen LogP contribution in [0.2, 0.25) is 0 Å². The summed E-state index contributed by atoms with van der Waals surface area (Å²) in [5.41, 5.74) is 5.93. The van der Waals surface area contributed by atoms with Crippen molar-refractivity contribution in [2.45, 2.75) is 18.8 Å². The highest BCUT2D eigenvalue weighted by molar-refractivity contribution is 5.91. The number of nitrogens with zero attached hydrogens (tertiary/aromatic N) is 2. The van der Waals surface area contributed by atoms with Gasteiger partial charge in [-0.05, 0) is 47.2 Å². The van der Waals surface area contributed by atoms with E-state index in [0.717, 1.165) is 0 Å². The molecule has 2 aliphatic rings. The van der Waals surface area contributed by atoms with E-state index in [1.165, 1.54) is 28.3 Å². The van der Waals surface area contributed by atoms with Crippen LogP contribution in [0.25, 0.3) is 11.1 Å². The molecule has 30 heavy (non-hydrogen) atoms. The average molecular weight is 400 g/mol. The van der Waals surface area contributed by atoms with Gasteiger partial charge in [0.1, 0.15) is 12.3 Å². The molecule has 0 atom stereocenters. The number of hydrogen-bond acceptors (Lipinski definition) is 4. The van der Waals surface area contributed by atoms with Gasteiger partial charge in [-0.25, -0.2) is 14.6 Å². The van der Waals surface area contributed by atoms with E-state index in [9.17, 15) is 9.59 Å². The van der Waals surface area contributed by atoms with Gasteiger partial charge in [0.05, 0.1) is 11.4 Å². The van der Waals surface area contributed by atoms with E-state index >= 15 is 0 Å². The first-order valence-corrected chi connectivity index (χ1v) is 9.99. The lowest BCUT2D eigenvalue weighted by molar-refractivity contribution is 0.0690. The molecule has 0 unspecified atom stereocenters. The van der Waals surface area contributed by atoms with Crippen molar-refractivity contribution in [1.29, 1.82) is 0 Å². The molecule has 150 valence electrons. The summed E-state index contributed by atoms with van der Waals surface area (Å²) in [6.07, 6.45) is 0.930. The van der Waals surface area contributed by atoms with Crippen LogP contribution >= 0.6 is 0 Å². The van der Waals surface area contributed by atoms with Crippen LogP contribution < -0.4 is 4.90 Å². The normalized spacial score (nSPS) is 14.6. The largest absolute Gasteiger partial charge is 0.477 e. The van der Waals surface area contributed by atoms with Crippen molar-refractivity contribution in [3.63, 3.8) is 0 Å². The Morgan fingerprint density at radius 2 is 1.67 bits per heavy atom. The molecule has 0 saturated heterocycles. The van der Waals surface area contributed by atoms with Gasteiger partial charge in [0, 0.05) is 12.5 Å². The van der Waals surface area contributed by atoms with Gasteiger partial charge in [-0.3, -0.25) is 4.90 Å². The minimum absolute atomic E-state index is 0.00174. The standard InChI is InChI=1S/C24H20N2O4/c27-23(28)21-11-12-22-20(25-21)10-5-13-26(22)24(29)30-14-19-17-8-3-1-6-15(17)16-7-2-4-9-18(16)19/h1-4,6-9,11-12,19H,5,10,13-14H2,(H,27,28). The zero-order valence-electron chi connectivity index (χ0n) is 16.2. The second-order valence-electron chi connectivity index (χ2n) is 7.53. The van der Waals surface area contributed by atoms with Gasteiger partial charge in [-0.2, -0.15) is 0 Å². The van der Waals surface area contributed by atoms with E-state index in [1.807, 2.05) is 24.3 Å². The van der Waals surface area contributed by atoms with Crippen LogP contribution in [0.3, 0.4) is 0 Å². The van der Waals surface area contributed by atoms with Crippen LogP contribution in [-0.4, -0.2) is 35.3 Å². The van der Waals surface area contributed by atoms with E-state index in [-0.39, 0.29) is 18.2 Å². The predicted molar refractivity (Wildman–Crippen MR) is 112 cm³/mol. The highest BCUT2D eigenvalue weighted by Crippen LogP contribution is 2.44. The monoisotopic (exact) mass is 400 g/mol. The molecule has 6 heteroatoms. The molecule has 3 aromatic rings. The zero-order valence-corrected chi connectivity index (χ0v) is 16.2. The molecule has 1 aromatic heterocycles. The lowest BCUT2D eigenvalue weighted by atomic mass is 9.98. The van der Waals surface area contributed by atoms with E-state index < -0.39 is 12.1 Å². The molecule has 0 bridgehead atoms. The Morgan fingerprint density at radius 1 is 1.00 bits per heavy atom. The van der Waals surface area contributed by atoms with Crippen molar-refractivity contribution in [3.8, 4) is 11.1 Å². The quantitative estimate of drug-likeness (QED) is 0.701. The fraction of sp³-hybridized carbons (Fsp3) is 0.208. The number of aromatic carboxylic acids is 1. The topological polar surface area (TPSA) is 79.7 Å². The predicted octanol–water partition coefficient (Wildman–Crippen LogP) is 4.48. The highest BCUT2D eigenvalue weighted by Gasteiger charge is 2.31. The first-order valence-electron chi connectivity index (χ1n) is 9.99. The summed E-state index contributed by atoms with van der Waals surface area (Å²) in [6.45, 7) is 0.775. The Hall–Kier alpha value is -3.67. The second kappa shape index (κ2) is 7.30. The Bertz CT molecular complexity index is 1110. The minimum atomic E-state index is -1.07. The Morgan fingerprint density at radius 3 is 2.33 bits per heavy atom. The molecule has 6 nitrogen and oxygen atoms in total. The van der Waals surface area contributed by atoms with E-state index in [4.69, 9.17) is 9.84 Å². The number of benzene rings is 2. The third kappa shape index (κ3) is 3.01. The molecule has 0 fully saturated rings. The van der Waals surface area contributed by atoms with E-state index in [0.29, 0.717) is 30.8 Å². The summed E-state index contributed by atoms with van der Waals surface area (Å²) < 4.78 is 5.76. The number of carbonyl (C=O) groups excluding carboxylic acids is 1. The Balaban J connectivity index is 1.37. The van der Waals surface area contributed by atoms with Crippen molar-refractivity contribution in [2.75, 3.05) is 18.1 Å². The number of carbonyl (C=O) groups is 2. The number of amides is 1. The number of hydrogen-bond donors (Lipinski definition) is 1. The van der Waals surface area contributed by atoms with Crippen LogP contribution in [0.4, 0.5) is 10.5 Å². The highest BCUT2D eigenvalue weighted by atomic mass is 16.6. The molecule has 2 aromatic carbocycles. The smallest absolute Gasteiger partial charge is 0.414 e. The summed E-state index contributed by atoms with van der Waals surface area (Å²) in [7, 11) is 0. The lowest BCUT2D eigenvalue weighted by Gasteiger charge is -2.28. The van der Waals surface area contributed by atoms with Crippen LogP contribution in [0, 0.1) is 0 Å². The fourth-order valence-corrected chi connectivity index (χ4v) is 4.43. The van der Waals surface area contributed by atoms with Gasteiger partial charge in [0.2, 0.25) is 0 Å². The molecule has 0 saturated carbocycles. The van der Waals surface area contributed by atoms with Crippen molar-refractivity contribution in [2.24, 2.45) is 0 Å². The third-order valence-electron chi connectivity index (χ3n) is 5.81. The van der Waals surface area contributed by atoms with Gasteiger partial charge in [0.25, 0.3) is 0 Å². The van der Waals surface area contributed by atoms with Gasteiger partial charge in [-0.1, -0.05) is 48.5 Å². The summed E-state index contributed by atoms with van der Waals surface area (Å²) in [5.74, 6) is -1.07. The van der Waals surface area contributed by atoms with Crippen LogP contribution in [0.5, 0.6) is 0 Å². The molecule has 0 spiro atoms. The lowest BCUT2D eigenvalue weighted by Crippen LogP contribution is -2.37. The summed E-state index contributed by atoms with van der Waals surface area (Å²) in [6, 6.07) is 19.5. The second-order valence-corrected chi connectivity index (χ2v) is 7.53. The van der Waals surface area contributed by atoms with Crippen molar-refractivity contribution >= 4 is 17.7 Å². The SMILES string of the molecule is O=C(O)c1ccc2c(n1)CCCN2C(=O)OCC1c2ccccc2-c2ccccc21. The van der Waals surface area contributed by atoms with Gasteiger partial charge >= 0.3 is 12.1 Å². The first-order chi connectivity index (χ1) is 14.6. The third-order valence-corrected chi connectivity index (χ3v) is 5.81. The maximum Gasteiger partial charge on any atom is 0.414 e. The molecular formula is C24H20N2O4. The van der Waals surface area contributed by atoms with Crippen LogP contribution in [0.1, 0.15) is 39.6 Å². The number of fused-ring (bicyclic) bond motifs is 4. The number of anilines is 1. The first kappa shape index (κ1) is 18.4. The number of pyridine rings is 1. The Labute approximate surface area is 173 Å². The summed E-state index contributed by atoms with van der Waals surface area (Å²) in [5, 5.41) is 9.16. The molecule has 1 N–H and O–H groups in total. The van der Waals surface area contributed by atoms with Crippen molar-refractivity contribution < 1.29 is 19.4 Å². The molecule has 1 aliphatic heterocycles. The molecule has 0 radical (unpaired) electrons. The molecule has 5 rings (SSSR count). The number of rotatable bonds is 3. The maximum atomic E-state index is 12.9. The molecule has 1 amide bonds. The van der Waals surface area contributed by atoms with Crippen LogP contribution in [-0.2, 0) is 11.2 Å². The minimum Gasteiger partial charge on any atom is -0.477 e. The Kier molecular flexibility index (Phi) is 4.47. The molecular weight excluding hydrogens is 380 g/mol. The number of aromatic nitrogens is 1. The number of carboxylic acid groups (broad SMARTS) is 1. The zero-order chi connectivity index (χ0) is 20.7. The van der Waals surface area contributed by atoms with E-state index in [2.05, 4.69) is 29.2 Å².